The molecule has 1 aromatic rings. The number of Topliss-reactive ketones (excluding diaryl/α,β-unsaturated/α-hetero) is 1. The second-order valence-electron chi connectivity index (χ2n) is 3.97. The second-order valence-corrected chi connectivity index (χ2v) is 3.97. The molecule has 17 heavy (non-hydrogen) atoms. The Balaban J connectivity index is 2.80. The lowest BCUT2D eigenvalue weighted by molar-refractivity contribution is 0.0947. The van der Waals surface area contributed by atoms with Crippen molar-refractivity contribution in [3.05, 3.63) is 29.8 Å². The highest BCUT2D eigenvalue weighted by Crippen LogP contribution is 2.19. The van der Waals surface area contributed by atoms with Crippen molar-refractivity contribution in [1.29, 1.82) is 0 Å². The summed E-state index contributed by atoms with van der Waals surface area (Å²) in [5.41, 5.74) is 0.658. The van der Waals surface area contributed by atoms with Gasteiger partial charge in [-0.15, -0.1) is 0 Å². The molecule has 0 bridgehead atoms. The molecular formula is C14H21NO2. The highest BCUT2D eigenvalue weighted by atomic mass is 16.5. The minimum Gasteiger partial charge on any atom is -0.493 e. The maximum absolute atomic E-state index is 12.2. The van der Waals surface area contributed by atoms with Gasteiger partial charge in [-0.1, -0.05) is 19.1 Å². The van der Waals surface area contributed by atoms with E-state index in [1.807, 2.05) is 38.1 Å². The third-order valence-electron chi connectivity index (χ3n) is 2.55. The van der Waals surface area contributed by atoms with Gasteiger partial charge in [0, 0.05) is 0 Å². The van der Waals surface area contributed by atoms with Gasteiger partial charge in [0.15, 0.2) is 5.78 Å². The number of ether oxygens (including phenoxy) is 1. The number of carbonyl (C=O) groups is 1. The van der Waals surface area contributed by atoms with Crippen LogP contribution in [0.2, 0.25) is 0 Å². The number of benzene rings is 1. The van der Waals surface area contributed by atoms with E-state index in [2.05, 4.69) is 12.2 Å². The molecule has 3 nitrogen and oxygen atoms in total. The Morgan fingerprint density at radius 3 is 2.71 bits per heavy atom. The maximum Gasteiger partial charge on any atom is 0.183 e. The molecule has 0 amide bonds. The number of hydrogen-bond acceptors (Lipinski definition) is 3. The fraction of sp³-hybridized carbons (Fsp3) is 0.500. The summed E-state index contributed by atoms with van der Waals surface area (Å²) in [5, 5.41) is 3.19. The molecule has 0 saturated heterocycles. The first-order valence-electron chi connectivity index (χ1n) is 6.20. The Morgan fingerprint density at radius 1 is 1.35 bits per heavy atom. The van der Waals surface area contributed by atoms with Crippen molar-refractivity contribution in [3.63, 3.8) is 0 Å². The third-order valence-corrected chi connectivity index (χ3v) is 2.55. The molecule has 0 aliphatic heterocycles. The largest absolute Gasteiger partial charge is 0.493 e. The van der Waals surface area contributed by atoms with E-state index >= 15 is 0 Å². The Morgan fingerprint density at radius 2 is 2.06 bits per heavy atom. The third kappa shape index (κ3) is 3.86. The van der Waals surface area contributed by atoms with Crippen molar-refractivity contribution in [1.82, 2.24) is 5.32 Å². The lowest BCUT2D eigenvalue weighted by atomic mass is 10.0. The van der Waals surface area contributed by atoms with E-state index in [0.29, 0.717) is 17.9 Å². The zero-order chi connectivity index (χ0) is 12.7. The van der Waals surface area contributed by atoms with E-state index in [4.69, 9.17) is 4.74 Å². The van der Waals surface area contributed by atoms with Crippen molar-refractivity contribution < 1.29 is 9.53 Å². The molecule has 0 aromatic heterocycles. The Kier molecular flexibility index (Phi) is 5.70. The van der Waals surface area contributed by atoms with Crippen LogP contribution in [0.15, 0.2) is 24.3 Å². The molecule has 0 heterocycles. The maximum atomic E-state index is 12.2. The fourth-order valence-electron chi connectivity index (χ4n) is 1.64. The summed E-state index contributed by atoms with van der Waals surface area (Å²) in [6, 6.07) is 7.23. The van der Waals surface area contributed by atoms with Gasteiger partial charge in [0.25, 0.3) is 0 Å². The number of nitrogens with one attached hydrogen (secondary N) is 1. The van der Waals surface area contributed by atoms with Crippen molar-refractivity contribution in [2.45, 2.75) is 33.2 Å². The molecule has 0 spiro atoms. The predicted octanol–water partition coefficient (Wildman–Crippen LogP) is 2.66. The summed E-state index contributed by atoms with van der Waals surface area (Å²) >= 11 is 0. The van der Waals surface area contributed by atoms with Gasteiger partial charge in [-0.2, -0.15) is 0 Å². The van der Waals surface area contributed by atoms with Crippen LogP contribution in [0, 0.1) is 0 Å². The second kappa shape index (κ2) is 7.07. The molecule has 3 heteroatoms. The molecule has 94 valence electrons. The minimum absolute atomic E-state index is 0.0856. The zero-order valence-corrected chi connectivity index (χ0v) is 10.8. The Labute approximate surface area is 103 Å². The summed E-state index contributed by atoms with van der Waals surface area (Å²) < 4.78 is 5.46. The van der Waals surface area contributed by atoms with Gasteiger partial charge in [-0.05, 0) is 38.9 Å². The molecule has 0 aliphatic rings. The standard InChI is InChI=1S/C14H21NO2/c1-4-10-15-11(3)14(16)12-8-6-7-9-13(12)17-5-2/h6-9,11,15H,4-5,10H2,1-3H3. The number of para-hydroxylation sites is 1. The van der Waals surface area contributed by atoms with E-state index < -0.39 is 0 Å². The number of rotatable bonds is 7. The quantitative estimate of drug-likeness (QED) is 0.738. The van der Waals surface area contributed by atoms with Crippen LogP contribution in [0.3, 0.4) is 0 Å². The molecule has 1 rings (SSSR count). The number of carbonyl (C=O) groups excluding carboxylic acids is 1. The predicted molar refractivity (Wildman–Crippen MR) is 69.7 cm³/mol. The van der Waals surface area contributed by atoms with Crippen molar-refractivity contribution in [2.24, 2.45) is 0 Å². The molecule has 0 saturated carbocycles. The van der Waals surface area contributed by atoms with Gasteiger partial charge in [0.1, 0.15) is 5.75 Å². The van der Waals surface area contributed by atoms with Crippen LogP contribution in [0.25, 0.3) is 0 Å². The zero-order valence-electron chi connectivity index (χ0n) is 10.8. The monoisotopic (exact) mass is 235 g/mol. The van der Waals surface area contributed by atoms with Gasteiger partial charge in [0.05, 0.1) is 18.2 Å². The topological polar surface area (TPSA) is 38.3 Å². The Hall–Kier alpha value is -1.35. The van der Waals surface area contributed by atoms with Crippen LogP contribution in [0.1, 0.15) is 37.6 Å². The van der Waals surface area contributed by atoms with Crippen LogP contribution in [-0.2, 0) is 0 Å². The molecule has 1 N–H and O–H groups in total. The molecule has 1 atom stereocenters. The number of hydrogen-bond donors (Lipinski definition) is 1. The van der Waals surface area contributed by atoms with Crippen LogP contribution in [0.4, 0.5) is 0 Å². The lowest BCUT2D eigenvalue weighted by Gasteiger charge is -2.14. The smallest absolute Gasteiger partial charge is 0.183 e. The van der Waals surface area contributed by atoms with E-state index in [1.54, 1.807) is 0 Å². The van der Waals surface area contributed by atoms with Crippen molar-refractivity contribution in [3.8, 4) is 5.75 Å². The van der Waals surface area contributed by atoms with Crippen LogP contribution in [-0.4, -0.2) is 25.0 Å². The van der Waals surface area contributed by atoms with E-state index in [9.17, 15) is 4.79 Å². The van der Waals surface area contributed by atoms with E-state index in [0.717, 1.165) is 13.0 Å². The molecular weight excluding hydrogens is 214 g/mol. The summed E-state index contributed by atoms with van der Waals surface area (Å²) in [7, 11) is 0. The van der Waals surface area contributed by atoms with Crippen molar-refractivity contribution in [2.75, 3.05) is 13.2 Å². The normalized spacial score (nSPS) is 12.2. The van der Waals surface area contributed by atoms with Gasteiger partial charge in [-0.25, -0.2) is 0 Å². The van der Waals surface area contributed by atoms with Crippen LogP contribution in [0.5, 0.6) is 5.75 Å². The van der Waals surface area contributed by atoms with Gasteiger partial charge in [0.2, 0.25) is 0 Å². The average Bonchev–Trinajstić information content (AvgIpc) is 2.36. The molecule has 0 aliphatic carbocycles. The molecule has 1 aromatic carbocycles. The first kappa shape index (κ1) is 13.7. The molecule has 0 fully saturated rings. The lowest BCUT2D eigenvalue weighted by Crippen LogP contribution is -2.34. The first-order chi connectivity index (χ1) is 8.20. The van der Waals surface area contributed by atoms with Gasteiger partial charge in [-0.3, -0.25) is 4.79 Å². The Bertz CT molecular complexity index is 363. The fourth-order valence-corrected chi connectivity index (χ4v) is 1.64. The summed E-state index contributed by atoms with van der Waals surface area (Å²) in [4.78, 5) is 12.2. The highest BCUT2D eigenvalue weighted by molar-refractivity contribution is 6.02. The first-order valence-corrected chi connectivity index (χ1v) is 6.20. The number of ketones is 1. The van der Waals surface area contributed by atoms with Gasteiger partial charge >= 0.3 is 0 Å². The molecule has 0 radical (unpaired) electrons. The van der Waals surface area contributed by atoms with Crippen molar-refractivity contribution >= 4 is 5.78 Å². The van der Waals surface area contributed by atoms with Gasteiger partial charge < -0.3 is 10.1 Å². The molecule has 1 unspecified atom stereocenters. The van der Waals surface area contributed by atoms with E-state index in [1.165, 1.54) is 0 Å². The van der Waals surface area contributed by atoms with Crippen LogP contribution < -0.4 is 10.1 Å². The minimum atomic E-state index is -0.170. The summed E-state index contributed by atoms with van der Waals surface area (Å²) in [6.07, 6.45) is 1.02. The van der Waals surface area contributed by atoms with E-state index in [-0.39, 0.29) is 11.8 Å². The summed E-state index contributed by atoms with van der Waals surface area (Å²) in [5.74, 6) is 0.757. The summed E-state index contributed by atoms with van der Waals surface area (Å²) in [6.45, 7) is 7.31. The van der Waals surface area contributed by atoms with Crippen LogP contribution >= 0.6 is 0 Å². The average molecular weight is 235 g/mol. The SMILES string of the molecule is CCCNC(C)C(=O)c1ccccc1OCC. The highest BCUT2D eigenvalue weighted by Gasteiger charge is 2.17.